The van der Waals surface area contributed by atoms with Crippen molar-refractivity contribution >= 4 is 55.7 Å². The molecule has 548 valence electrons. The first-order chi connectivity index (χ1) is 52.0. The summed E-state index contributed by atoms with van der Waals surface area (Å²) < 4.78 is 28.4. The summed E-state index contributed by atoms with van der Waals surface area (Å²) in [6.45, 7) is 22.2. The Morgan fingerprint density at radius 1 is 0.368 bits per heavy atom. The molecular weight excluding hydrogens is 1330 g/mol. The monoisotopic (exact) mass is 1430 g/mol. The van der Waals surface area contributed by atoms with Crippen LogP contribution in [0.5, 0.6) is 5.75 Å². The van der Waals surface area contributed by atoms with Gasteiger partial charge in [0.05, 0.1) is 7.11 Å². The van der Waals surface area contributed by atoms with Gasteiger partial charge in [-0.3, -0.25) is 19.6 Å². The molecule has 4 unspecified atom stereocenters. The molecule has 4 saturated heterocycles. The first-order valence-electron chi connectivity index (χ1n) is 40.0. The maximum Gasteiger partial charge on any atom is 0.140 e. The molecule has 15 heteroatoms. The molecule has 4 fully saturated rings. The van der Waals surface area contributed by atoms with Crippen molar-refractivity contribution in [2.24, 2.45) is 0 Å². The fourth-order valence-electron chi connectivity index (χ4n) is 19.9. The number of nitrogens with zero attached hydrogens (tertiary/aromatic N) is 12. The molecule has 4 atom stereocenters. The molecule has 8 aliphatic rings. The Kier molecular flexibility index (Phi) is 20.6. The molecule has 20 rings (SSSR count). The molecule has 4 aromatic carbocycles. The Morgan fingerprint density at radius 2 is 0.670 bits per heavy atom. The number of pyridine rings is 4. The highest BCUT2D eigenvalue weighted by Crippen LogP contribution is 2.47. The predicted molar refractivity (Wildman–Crippen MR) is 428 cm³/mol. The van der Waals surface area contributed by atoms with Crippen LogP contribution in [0.4, 0.5) is 4.39 Å². The van der Waals surface area contributed by atoms with Gasteiger partial charge in [-0.25, -0.2) is 24.3 Å². The van der Waals surface area contributed by atoms with E-state index >= 15 is 0 Å². The van der Waals surface area contributed by atoms with Crippen LogP contribution in [0.2, 0.25) is 5.02 Å². The summed E-state index contributed by atoms with van der Waals surface area (Å²) in [5, 5.41) is 6.33. The van der Waals surface area contributed by atoms with Gasteiger partial charge in [0.1, 0.15) is 34.2 Å². The van der Waals surface area contributed by atoms with Gasteiger partial charge in [-0.2, -0.15) is 0 Å². The third-order valence-corrected chi connectivity index (χ3v) is 25.2. The zero-order chi connectivity index (χ0) is 71.9. The fraction of sp³-hybridized carbons (Fsp3) is 0.429. The minimum atomic E-state index is -0.170. The Bertz CT molecular complexity index is 5110. The topological polar surface area (TPSA) is 93.5 Å². The number of piperidine rings is 2. The second kappa shape index (κ2) is 31.0. The van der Waals surface area contributed by atoms with Crippen molar-refractivity contribution in [2.75, 3.05) is 59.5 Å². The van der Waals surface area contributed by atoms with Crippen LogP contribution < -0.4 is 4.74 Å². The normalized spacial score (nSPS) is 19.7. The molecule has 0 amide bonds. The molecule has 12 aromatic rings. The van der Waals surface area contributed by atoms with E-state index in [-0.39, 0.29) is 5.82 Å². The molecule has 0 aliphatic carbocycles. The summed E-state index contributed by atoms with van der Waals surface area (Å²) in [6, 6.07) is 46.2. The molecule has 8 aliphatic heterocycles. The molecule has 0 radical (unpaired) electrons. The molecule has 106 heavy (non-hydrogen) atoms. The lowest BCUT2D eigenvalue weighted by molar-refractivity contribution is 0.138. The lowest BCUT2D eigenvalue weighted by atomic mass is 9.89. The number of ether oxygens (including phenoxy) is 1. The van der Waals surface area contributed by atoms with Crippen LogP contribution in [-0.2, 0) is 77.5 Å². The highest BCUT2D eigenvalue weighted by molar-refractivity contribution is 6.30. The summed E-state index contributed by atoms with van der Waals surface area (Å²) in [7, 11) is 1.72. The van der Waals surface area contributed by atoms with E-state index in [1.54, 1.807) is 41.6 Å². The molecule has 16 heterocycles. The van der Waals surface area contributed by atoms with Crippen LogP contribution in [0.1, 0.15) is 178 Å². The highest BCUT2D eigenvalue weighted by Gasteiger charge is 2.39. The number of methoxy groups -OCH3 is 1. The van der Waals surface area contributed by atoms with Crippen molar-refractivity contribution < 1.29 is 9.13 Å². The van der Waals surface area contributed by atoms with E-state index in [2.05, 4.69) is 157 Å². The summed E-state index contributed by atoms with van der Waals surface area (Å²) in [4.78, 5) is 30.2. The van der Waals surface area contributed by atoms with Crippen molar-refractivity contribution in [1.82, 2.24) is 57.8 Å². The Morgan fingerprint density at radius 3 is 1.01 bits per heavy atom. The number of halogens is 2. The van der Waals surface area contributed by atoms with Crippen molar-refractivity contribution in [3.05, 3.63) is 253 Å². The Hall–Kier alpha value is -8.50. The smallest absolute Gasteiger partial charge is 0.140 e. The van der Waals surface area contributed by atoms with Crippen LogP contribution in [0.25, 0.3) is 44.1 Å². The lowest BCUT2D eigenvalue weighted by Crippen LogP contribution is -2.39. The van der Waals surface area contributed by atoms with Crippen molar-refractivity contribution in [3.63, 3.8) is 0 Å². The van der Waals surface area contributed by atoms with E-state index < -0.39 is 0 Å². The lowest BCUT2D eigenvalue weighted by Gasteiger charge is -2.39. The van der Waals surface area contributed by atoms with Gasteiger partial charge in [-0.1, -0.05) is 91.2 Å². The van der Waals surface area contributed by atoms with E-state index in [0.717, 1.165) is 101 Å². The van der Waals surface area contributed by atoms with Crippen LogP contribution in [0, 0.1) is 33.5 Å². The minimum absolute atomic E-state index is 0.170. The van der Waals surface area contributed by atoms with E-state index in [9.17, 15) is 4.39 Å². The first kappa shape index (κ1) is 70.5. The average molecular weight is 1440 g/mol. The quantitative estimate of drug-likeness (QED) is 0.112. The van der Waals surface area contributed by atoms with Gasteiger partial charge in [0.2, 0.25) is 0 Å². The number of aryl methyl sites for hydroxylation is 12. The maximum atomic E-state index is 13.2. The third-order valence-electron chi connectivity index (χ3n) is 24.9. The summed E-state index contributed by atoms with van der Waals surface area (Å²) >= 11 is 6.04. The zero-order valence-corrected chi connectivity index (χ0v) is 63.7. The van der Waals surface area contributed by atoms with Crippen LogP contribution in [-0.4, -0.2) is 117 Å². The second-order valence-corrected chi connectivity index (χ2v) is 32.1. The van der Waals surface area contributed by atoms with Crippen molar-refractivity contribution in [2.45, 2.75) is 194 Å². The van der Waals surface area contributed by atoms with Gasteiger partial charge >= 0.3 is 0 Å². The fourth-order valence-corrected chi connectivity index (χ4v) is 20.0. The average Bonchev–Trinajstić information content (AvgIpc) is 1.61. The largest absolute Gasteiger partial charge is 0.497 e. The van der Waals surface area contributed by atoms with E-state index in [0.29, 0.717) is 24.2 Å². The minimum Gasteiger partial charge on any atom is -0.497 e. The van der Waals surface area contributed by atoms with Crippen molar-refractivity contribution in [1.29, 1.82) is 0 Å². The molecule has 0 N–H and O–H groups in total. The molecule has 13 nitrogen and oxygen atoms in total. The van der Waals surface area contributed by atoms with Crippen LogP contribution in [0.15, 0.2) is 152 Å². The standard InChI is InChI=1S/C24H29N3O.C23H26ClN3.C22H24FN3.C22H25N3/c1-17-15-20-23-21-5-3-4-12-26(21)13-11-22(23)27(24(20)25-16-17)14-10-18-6-8-19(28-2)9-7-18;1-16-14-19-22-20-4-2-3-11-26(20)12-10-21(22)27(23(19)25-15-16)13-9-17-5-7-18(24)8-6-17;1-15-13-18-21-19-3-2-10-25(19)11-9-20(21)26(22(18)24-14-15)12-8-16-4-6-17(23)7-5-16;1-16-14-18-21-19-8-5-11-24(19)12-10-20(21)25(22(18)23-15-16)13-9-17-6-3-2-4-7-17/h6-9,15-16,21H,3-5,10-14H2,1-2H3;5-8,14-15,20H,2-4,9-13H2,1H3;4-7,13-14,19H,2-3,8-12H2,1H3;2-4,6-7,14-15,19H,5,8-13H2,1H3. The SMILES string of the molecule is COc1ccc(CCn2c3c(c4cc(C)cnc42)C2CCCCN2CC3)cc1.Cc1cnc2c(c1)c1c(n2CCc2ccc(Cl)cc2)CCN2CCCCC12.Cc1cnc2c(c1)c1c(n2CCc2ccc(F)cc2)CCN2CCCC12.Cc1cnc2c(c1)c1c(n2CCc2ccccc2)CCN2CCCC12. The zero-order valence-electron chi connectivity index (χ0n) is 63.0. The number of hydrogen-bond donors (Lipinski definition) is 0. The van der Waals surface area contributed by atoms with Gasteiger partial charge in [0, 0.05) is 176 Å². The summed E-state index contributed by atoms with van der Waals surface area (Å²) in [5.74, 6) is 0.748. The molecule has 0 bridgehead atoms. The molecular formula is C91H104ClFN12O. The second-order valence-electron chi connectivity index (χ2n) is 31.7. The maximum absolute atomic E-state index is 13.2. The number of aromatic nitrogens is 8. The Labute approximate surface area is 630 Å². The van der Waals surface area contributed by atoms with Gasteiger partial charge in [0.25, 0.3) is 0 Å². The van der Waals surface area contributed by atoms with Gasteiger partial charge < -0.3 is 23.0 Å². The number of hydrogen-bond acceptors (Lipinski definition) is 9. The first-order valence-corrected chi connectivity index (χ1v) is 40.4. The number of rotatable bonds is 13. The van der Waals surface area contributed by atoms with E-state index in [1.807, 2.05) is 49.1 Å². The number of benzene rings is 4. The molecule has 0 saturated carbocycles. The van der Waals surface area contributed by atoms with Crippen molar-refractivity contribution in [3.8, 4) is 5.75 Å². The van der Waals surface area contributed by atoms with Crippen LogP contribution in [0.3, 0.4) is 0 Å². The number of fused-ring (bicyclic) bond motifs is 20. The highest BCUT2D eigenvalue weighted by atomic mass is 35.5. The van der Waals surface area contributed by atoms with Gasteiger partial charge in [-0.05, 0) is 258 Å². The van der Waals surface area contributed by atoms with Gasteiger partial charge in [0.15, 0.2) is 0 Å². The predicted octanol–water partition coefficient (Wildman–Crippen LogP) is 18.7. The van der Waals surface area contributed by atoms with E-state index in [1.165, 1.54) is 216 Å². The van der Waals surface area contributed by atoms with E-state index in [4.69, 9.17) is 36.3 Å². The van der Waals surface area contributed by atoms with Gasteiger partial charge in [-0.15, -0.1) is 0 Å². The Balaban J connectivity index is 0.000000104. The summed E-state index contributed by atoms with van der Waals surface area (Å²) in [5.41, 5.74) is 27.3. The van der Waals surface area contributed by atoms with Crippen LogP contribution >= 0.6 is 11.6 Å². The molecule has 8 aromatic heterocycles. The summed E-state index contributed by atoms with van der Waals surface area (Å²) in [6.07, 6.45) is 29.8. The molecule has 0 spiro atoms. The third kappa shape index (κ3) is 14.2.